The molecule has 0 radical (unpaired) electrons. The van der Waals surface area contributed by atoms with Gasteiger partial charge in [0, 0.05) is 22.5 Å². The van der Waals surface area contributed by atoms with Crippen LogP contribution in [0.2, 0.25) is 5.02 Å². The Kier molecular flexibility index (Phi) is 4.13. The maximum atomic E-state index is 5.91. The molecule has 2 aromatic carbocycles. The molecule has 108 valence electrons. The first-order valence-electron chi connectivity index (χ1n) is 6.80. The lowest BCUT2D eigenvalue weighted by atomic mass is 10.1. The van der Waals surface area contributed by atoms with Crippen molar-refractivity contribution in [3.63, 3.8) is 0 Å². The highest BCUT2D eigenvalue weighted by molar-refractivity contribution is 6.30. The minimum Gasteiger partial charge on any atom is -0.486 e. The Hall–Kier alpha value is -1.97. The molecule has 0 unspecified atom stereocenters. The lowest BCUT2D eigenvalue weighted by molar-refractivity contribution is 0.272. The molecular weight excluding hydrogens is 286 g/mol. The van der Waals surface area contributed by atoms with E-state index in [0.717, 1.165) is 34.6 Å². The molecule has 0 atom stereocenters. The van der Waals surface area contributed by atoms with Gasteiger partial charge in [-0.15, -0.1) is 0 Å². The van der Waals surface area contributed by atoms with Crippen LogP contribution in [0.25, 0.3) is 11.0 Å². The van der Waals surface area contributed by atoms with Gasteiger partial charge in [0.2, 0.25) is 0 Å². The van der Waals surface area contributed by atoms with Crippen LogP contribution in [0.3, 0.4) is 0 Å². The summed E-state index contributed by atoms with van der Waals surface area (Å²) in [5, 5.41) is 5.00. The lowest BCUT2D eigenvalue weighted by Gasteiger charge is -2.06. The zero-order valence-electron chi connectivity index (χ0n) is 11.7. The van der Waals surface area contributed by atoms with Crippen molar-refractivity contribution in [1.29, 1.82) is 0 Å². The molecule has 3 rings (SSSR count). The number of halogens is 1. The van der Waals surface area contributed by atoms with Gasteiger partial charge in [-0.25, -0.2) is 0 Å². The van der Waals surface area contributed by atoms with E-state index in [9.17, 15) is 0 Å². The molecule has 21 heavy (non-hydrogen) atoms. The molecule has 0 saturated carbocycles. The van der Waals surface area contributed by atoms with Crippen LogP contribution in [0, 0.1) is 0 Å². The van der Waals surface area contributed by atoms with Gasteiger partial charge in [-0.1, -0.05) is 29.8 Å². The third kappa shape index (κ3) is 3.04. The van der Waals surface area contributed by atoms with Gasteiger partial charge in [0.05, 0.1) is 0 Å². The average Bonchev–Trinajstić information content (AvgIpc) is 2.85. The summed E-state index contributed by atoms with van der Waals surface area (Å²) in [4.78, 5) is 0. The number of hydrogen-bond donors (Lipinski definition) is 1. The van der Waals surface area contributed by atoms with E-state index in [4.69, 9.17) is 20.8 Å². The van der Waals surface area contributed by atoms with Crippen LogP contribution < -0.4 is 10.1 Å². The first-order valence-corrected chi connectivity index (χ1v) is 7.18. The van der Waals surface area contributed by atoms with Gasteiger partial charge in [-0.3, -0.25) is 0 Å². The van der Waals surface area contributed by atoms with Crippen molar-refractivity contribution < 1.29 is 9.15 Å². The van der Waals surface area contributed by atoms with Crippen molar-refractivity contribution in [1.82, 2.24) is 5.32 Å². The average molecular weight is 302 g/mol. The fraction of sp³-hybridized carbons (Fsp3) is 0.176. The van der Waals surface area contributed by atoms with Crippen molar-refractivity contribution in [3.8, 4) is 5.75 Å². The van der Waals surface area contributed by atoms with E-state index >= 15 is 0 Å². The number of furan rings is 1. The SMILES string of the molecule is CNCc1c(COc2ccc(Cl)cc2)oc2ccccc12. The van der Waals surface area contributed by atoms with Crippen LogP contribution >= 0.6 is 11.6 Å². The molecule has 1 N–H and O–H groups in total. The van der Waals surface area contributed by atoms with Crippen LogP contribution in [-0.4, -0.2) is 7.05 Å². The molecule has 4 heteroatoms. The Morgan fingerprint density at radius 1 is 1.10 bits per heavy atom. The Bertz CT molecular complexity index is 734. The van der Waals surface area contributed by atoms with Gasteiger partial charge in [0.25, 0.3) is 0 Å². The van der Waals surface area contributed by atoms with Gasteiger partial charge >= 0.3 is 0 Å². The van der Waals surface area contributed by atoms with Crippen LogP contribution in [0.15, 0.2) is 52.9 Å². The van der Waals surface area contributed by atoms with E-state index in [-0.39, 0.29) is 0 Å². The number of hydrogen-bond acceptors (Lipinski definition) is 3. The molecule has 0 saturated heterocycles. The number of nitrogens with one attached hydrogen (secondary N) is 1. The van der Waals surface area contributed by atoms with Crippen molar-refractivity contribution in [2.24, 2.45) is 0 Å². The number of benzene rings is 2. The van der Waals surface area contributed by atoms with Gasteiger partial charge in [0.1, 0.15) is 23.7 Å². The monoisotopic (exact) mass is 301 g/mol. The molecule has 3 nitrogen and oxygen atoms in total. The van der Waals surface area contributed by atoms with Crippen LogP contribution in [0.4, 0.5) is 0 Å². The molecule has 3 aromatic rings. The molecular formula is C17H16ClNO2. The highest BCUT2D eigenvalue weighted by Gasteiger charge is 2.13. The standard InChI is InChI=1S/C17H16ClNO2/c1-19-10-15-14-4-2-3-5-16(14)21-17(15)11-20-13-8-6-12(18)7-9-13/h2-9,19H,10-11H2,1H3. The summed E-state index contributed by atoms with van der Waals surface area (Å²) < 4.78 is 11.7. The Labute approximate surface area is 128 Å². The van der Waals surface area contributed by atoms with Gasteiger partial charge in [0.15, 0.2) is 0 Å². The second-order valence-corrected chi connectivity index (χ2v) is 5.21. The summed E-state index contributed by atoms with van der Waals surface area (Å²) in [6.07, 6.45) is 0. The minimum absolute atomic E-state index is 0.396. The van der Waals surface area contributed by atoms with E-state index in [1.165, 1.54) is 0 Å². The quantitative estimate of drug-likeness (QED) is 0.759. The zero-order valence-corrected chi connectivity index (χ0v) is 12.5. The molecule has 0 aliphatic heterocycles. The van der Waals surface area contributed by atoms with E-state index in [1.807, 2.05) is 49.5 Å². The Morgan fingerprint density at radius 2 is 1.86 bits per heavy atom. The smallest absolute Gasteiger partial charge is 0.147 e. The highest BCUT2D eigenvalue weighted by atomic mass is 35.5. The number of rotatable bonds is 5. The normalized spacial score (nSPS) is 11.0. The van der Waals surface area contributed by atoms with Gasteiger partial charge < -0.3 is 14.5 Å². The van der Waals surface area contributed by atoms with Crippen LogP contribution in [0.1, 0.15) is 11.3 Å². The minimum atomic E-state index is 0.396. The summed E-state index contributed by atoms with van der Waals surface area (Å²) in [5.41, 5.74) is 2.03. The third-order valence-corrected chi connectivity index (χ3v) is 3.57. The molecule has 1 heterocycles. The van der Waals surface area contributed by atoms with E-state index < -0.39 is 0 Å². The van der Waals surface area contributed by atoms with Crippen molar-refractivity contribution in [2.45, 2.75) is 13.2 Å². The topological polar surface area (TPSA) is 34.4 Å². The first kappa shape index (κ1) is 14.0. The van der Waals surface area contributed by atoms with Crippen LogP contribution in [0.5, 0.6) is 5.75 Å². The van der Waals surface area contributed by atoms with Crippen molar-refractivity contribution in [3.05, 3.63) is 64.9 Å². The predicted octanol–water partition coefficient (Wildman–Crippen LogP) is 4.38. The largest absolute Gasteiger partial charge is 0.486 e. The molecule has 1 aromatic heterocycles. The first-order chi connectivity index (χ1) is 10.3. The lowest BCUT2D eigenvalue weighted by Crippen LogP contribution is -2.07. The van der Waals surface area contributed by atoms with Crippen molar-refractivity contribution >= 4 is 22.6 Å². The van der Waals surface area contributed by atoms with E-state index in [1.54, 1.807) is 0 Å². The molecule has 0 fully saturated rings. The van der Waals surface area contributed by atoms with Gasteiger partial charge in [-0.2, -0.15) is 0 Å². The highest BCUT2D eigenvalue weighted by Crippen LogP contribution is 2.27. The summed E-state index contributed by atoms with van der Waals surface area (Å²) >= 11 is 5.87. The maximum absolute atomic E-state index is 5.91. The molecule has 0 aliphatic carbocycles. The molecule has 0 bridgehead atoms. The summed E-state index contributed by atoms with van der Waals surface area (Å²) in [6.45, 7) is 1.14. The zero-order chi connectivity index (χ0) is 14.7. The number of fused-ring (bicyclic) bond motifs is 1. The van der Waals surface area contributed by atoms with E-state index in [2.05, 4.69) is 11.4 Å². The summed E-state index contributed by atoms with van der Waals surface area (Å²) in [5.74, 6) is 1.62. The molecule has 0 aliphatic rings. The van der Waals surface area contributed by atoms with Crippen LogP contribution in [-0.2, 0) is 13.2 Å². The number of ether oxygens (including phenoxy) is 1. The van der Waals surface area contributed by atoms with Crippen molar-refractivity contribution in [2.75, 3.05) is 7.05 Å². The maximum Gasteiger partial charge on any atom is 0.147 e. The third-order valence-electron chi connectivity index (χ3n) is 3.32. The Balaban J connectivity index is 1.85. The summed E-state index contributed by atoms with van der Waals surface area (Å²) in [6, 6.07) is 15.3. The fourth-order valence-corrected chi connectivity index (χ4v) is 2.44. The molecule has 0 spiro atoms. The predicted molar refractivity (Wildman–Crippen MR) is 84.8 cm³/mol. The molecule has 0 amide bonds. The second-order valence-electron chi connectivity index (χ2n) is 4.77. The second kappa shape index (κ2) is 6.20. The summed E-state index contributed by atoms with van der Waals surface area (Å²) in [7, 11) is 1.92. The van der Waals surface area contributed by atoms with Gasteiger partial charge in [-0.05, 0) is 37.4 Å². The fourth-order valence-electron chi connectivity index (χ4n) is 2.32. The van der Waals surface area contributed by atoms with E-state index in [0.29, 0.717) is 11.6 Å². The Morgan fingerprint density at radius 3 is 2.62 bits per heavy atom. The number of para-hydroxylation sites is 1.